The van der Waals surface area contributed by atoms with E-state index in [9.17, 15) is 4.79 Å². The monoisotopic (exact) mass is 339 g/mol. The summed E-state index contributed by atoms with van der Waals surface area (Å²) in [4.78, 5) is 11.5. The van der Waals surface area contributed by atoms with Gasteiger partial charge in [0.25, 0.3) is 0 Å². The van der Waals surface area contributed by atoms with Gasteiger partial charge in [0.15, 0.2) is 16.6 Å². The number of thiocarbonyl (C=S) groups is 1. The summed E-state index contributed by atoms with van der Waals surface area (Å²) < 4.78 is 15.7. The molecule has 0 fully saturated rings. The van der Waals surface area contributed by atoms with Crippen LogP contribution in [0.5, 0.6) is 11.5 Å². The van der Waals surface area contributed by atoms with Gasteiger partial charge in [-0.1, -0.05) is 0 Å². The largest absolute Gasteiger partial charge is 0.454 e. The molecular formula is C15H21N3O4S. The van der Waals surface area contributed by atoms with Crippen LogP contribution in [0.3, 0.4) is 0 Å². The minimum Gasteiger partial charge on any atom is -0.454 e. The van der Waals surface area contributed by atoms with Crippen molar-refractivity contribution in [3.63, 3.8) is 0 Å². The van der Waals surface area contributed by atoms with E-state index in [1.54, 1.807) is 0 Å². The lowest BCUT2D eigenvalue weighted by Gasteiger charge is -2.19. The highest BCUT2D eigenvalue weighted by Gasteiger charge is 2.15. The van der Waals surface area contributed by atoms with Gasteiger partial charge < -0.3 is 30.2 Å². The Hall–Kier alpha value is -2.22. The Morgan fingerprint density at radius 2 is 1.91 bits per heavy atom. The summed E-state index contributed by atoms with van der Waals surface area (Å²) in [6.45, 7) is 6.56. The molecule has 1 aromatic rings. The predicted molar refractivity (Wildman–Crippen MR) is 91.0 cm³/mol. The van der Waals surface area contributed by atoms with E-state index in [0.29, 0.717) is 24.0 Å². The summed E-state index contributed by atoms with van der Waals surface area (Å²) in [6.07, 6.45) is -0.450. The molecule has 1 amide bonds. The van der Waals surface area contributed by atoms with Crippen molar-refractivity contribution in [1.82, 2.24) is 10.6 Å². The number of benzene rings is 1. The normalized spacial score (nSPS) is 12.5. The highest BCUT2D eigenvalue weighted by Crippen LogP contribution is 2.34. The van der Waals surface area contributed by atoms with E-state index in [1.807, 2.05) is 39.0 Å². The lowest BCUT2D eigenvalue weighted by molar-refractivity contribution is 0.0529. The van der Waals surface area contributed by atoms with Crippen LogP contribution in [0.25, 0.3) is 0 Å². The van der Waals surface area contributed by atoms with Crippen molar-refractivity contribution in [1.29, 1.82) is 0 Å². The number of hydrogen-bond donors (Lipinski definition) is 3. The molecule has 0 radical (unpaired) electrons. The molecule has 0 aromatic heterocycles. The molecule has 0 spiro atoms. The van der Waals surface area contributed by atoms with Crippen molar-refractivity contribution in [2.45, 2.75) is 26.4 Å². The van der Waals surface area contributed by atoms with E-state index >= 15 is 0 Å². The Labute approximate surface area is 140 Å². The van der Waals surface area contributed by atoms with Gasteiger partial charge in [0, 0.05) is 24.8 Å². The smallest absolute Gasteiger partial charge is 0.407 e. The third-order valence-corrected chi connectivity index (χ3v) is 2.96. The number of fused-ring (bicyclic) bond motifs is 1. The summed E-state index contributed by atoms with van der Waals surface area (Å²) in [6, 6.07) is 5.48. The molecule has 126 valence electrons. The van der Waals surface area contributed by atoms with Gasteiger partial charge in [-0.15, -0.1) is 0 Å². The zero-order chi connectivity index (χ0) is 16.9. The van der Waals surface area contributed by atoms with Crippen molar-refractivity contribution in [3.05, 3.63) is 18.2 Å². The standard InChI is InChI=1S/C15H21N3O4S/c1-15(2,3)22-14(19)17-7-6-16-13(23)18-10-4-5-11-12(8-10)21-9-20-11/h4-5,8H,6-7,9H2,1-3H3,(H,17,19)(H2,16,18,23). The van der Waals surface area contributed by atoms with Crippen LogP contribution in [0.4, 0.5) is 10.5 Å². The molecule has 1 aliphatic rings. The molecule has 1 heterocycles. The van der Waals surface area contributed by atoms with Crippen LogP contribution < -0.4 is 25.4 Å². The van der Waals surface area contributed by atoms with Gasteiger partial charge in [-0.2, -0.15) is 0 Å². The summed E-state index contributed by atoms with van der Waals surface area (Å²) in [5.41, 5.74) is 0.292. The molecule has 0 atom stereocenters. The van der Waals surface area contributed by atoms with Crippen molar-refractivity contribution in [2.75, 3.05) is 25.2 Å². The van der Waals surface area contributed by atoms with Crippen LogP contribution in [0.1, 0.15) is 20.8 Å². The molecule has 0 bridgehead atoms. The first-order chi connectivity index (χ1) is 10.8. The minimum absolute atomic E-state index is 0.234. The van der Waals surface area contributed by atoms with Crippen molar-refractivity contribution in [3.8, 4) is 11.5 Å². The second-order valence-electron chi connectivity index (χ2n) is 5.88. The fourth-order valence-corrected chi connectivity index (χ4v) is 2.02. The highest BCUT2D eigenvalue weighted by atomic mass is 32.1. The number of carbonyl (C=O) groups is 1. The van der Waals surface area contributed by atoms with Gasteiger partial charge in [0.05, 0.1) is 0 Å². The molecule has 3 N–H and O–H groups in total. The van der Waals surface area contributed by atoms with Gasteiger partial charge in [0.2, 0.25) is 6.79 Å². The van der Waals surface area contributed by atoms with Crippen LogP contribution in [0.15, 0.2) is 18.2 Å². The zero-order valence-electron chi connectivity index (χ0n) is 13.4. The molecule has 0 saturated heterocycles. The van der Waals surface area contributed by atoms with Crippen LogP contribution >= 0.6 is 12.2 Å². The van der Waals surface area contributed by atoms with Gasteiger partial charge in [-0.05, 0) is 45.1 Å². The average Bonchev–Trinajstić information content (AvgIpc) is 2.89. The summed E-state index contributed by atoms with van der Waals surface area (Å²) in [5.74, 6) is 1.40. The van der Waals surface area contributed by atoms with Gasteiger partial charge in [-0.3, -0.25) is 0 Å². The topological polar surface area (TPSA) is 80.9 Å². The van der Waals surface area contributed by atoms with Gasteiger partial charge in [-0.25, -0.2) is 4.79 Å². The number of nitrogens with one attached hydrogen (secondary N) is 3. The highest BCUT2D eigenvalue weighted by molar-refractivity contribution is 7.80. The second kappa shape index (κ2) is 7.36. The van der Waals surface area contributed by atoms with E-state index in [2.05, 4.69) is 16.0 Å². The SMILES string of the molecule is CC(C)(C)OC(=O)NCCNC(=S)Nc1ccc2c(c1)OCO2. The molecule has 0 saturated carbocycles. The number of hydrogen-bond acceptors (Lipinski definition) is 5. The fourth-order valence-electron chi connectivity index (χ4n) is 1.80. The number of anilines is 1. The molecule has 1 aromatic carbocycles. The van der Waals surface area contributed by atoms with E-state index in [4.69, 9.17) is 26.4 Å². The molecule has 23 heavy (non-hydrogen) atoms. The van der Waals surface area contributed by atoms with Gasteiger partial charge in [0.1, 0.15) is 5.60 Å². The predicted octanol–water partition coefficient (Wildman–Crippen LogP) is 2.23. The van der Waals surface area contributed by atoms with Crippen molar-refractivity contribution < 1.29 is 19.0 Å². The van der Waals surface area contributed by atoms with Crippen molar-refractivity contribution >= 4 is 29.1 Å². The molecule has 2 rings (SSSR count). The zero-order valence-corrected chi connectivity index (χ0v) is 14.2. The summed E-state index contributed by atoms with van der Waals surface area (Å²) in [5, 5.41) is 9.13. The lowest BCUT2D eigenvalue weighted by Crippen LogP contribution is -2.39. The maximum Gasteiger partial charge on any atom is 0.407 e. The minimum atomic E-state index is -0.506. The molecule has 0 unspecified atom stereocenters. The average molecular weight is 339 g/mol. The van der Waals surface area contributed by atoms with Crippen LogP contribution in [-0.2, 0) is 4.74 Å². The number of ether oxygens (including phenoxy) is 3. The first-order valence-corrected chi connectivity index (χ1v) is 7.66. The van der Waals surface area contributed by atoms with E-state index in [-0.39, 0.29) is 6.79 Å². The van der Waals surface area contributed by atoms with Crippen molar-refractivity contribution in [2.24, 2.45) is 0 Å². The van der Waals surface area contributed by atoms with Crippen LogP contribution in [0, 0.1) is 0 Å². The Balaban J connectivity index is 1.67. The first-order valence-electron chi connectivity index (χ1n) is 7.25. The Morgan fingerprint density at radius 1 is 1.22 bits per heavy atom. The van der Waals surface area contributed by atoms with Gasteiger partial charge >= 0.3 is 6.09 Å². The number of rotatable bonds is 4. The van der Waals surface area contributed by atoms with E-state index in [1.165, 1.54) is 0 Å². The quantitative estimate of drug-likeness (QED) is 0.573. The summed E-state index contributed by atoms with van der Waals surface area (Å²) >= 11 is 5.19. The first kappa shape index (κ1) is 17.1. The third kappa shape index (κ3) is 5.82. The molecule has 0 aliphatic carbocycles. The fraction of sp³-hybridized carbons (Fsp3) is 0.467. The van der Waals surface area contributed by atoms with E-state index in [0.717, 1.165) is 11.4 Å². The second-order valence-corrected chi connectivity index (χ2v) is 6.29. The summed E-state index contributed by atoms with van der Waals surface area (Å²) in [7, 11) is 0. The number of alkyl carbamates (subject to hydrolysis) is 1. The molecule has 1 aliphatic heterocycles. The maximum atomic E-state index is 11.5. The molecular weight excluding hydrogens is 318 g/mol. The Bertz CT molecular complexity index is 587. The van der Waals surface area contributed by atoms with Crippen LogP contribution in [0.2, 0.25) is 0 Å². The van der Waals surface area contributed by atoms with E-state index < -0.39 is 11.7 Å². The Morgan fingerprint density at radius 3 is 2.65 bits per heavy atom. The Kier molecular flexibility index (Phi) is 5.49. The molecule has 8 heteroatoms. The number of amides is 1. The third-order valence-electron chi connectivity index (χ3n) is 2.71. The number of carbonyl (C=O) groups excluding carboxylic acids is 1. The van der Waals surface area contributed by atoms with Crippen LogP contribution in [-0.4, -0.2) is 36.7 Å². The maximum absolute atomic E-state index is 11.5. The lowest BCUT2D eigenvalue weighted by atomic mass is 10.2. The molecule has 7 nitrogen and oxygen atoms in total.